The summed E-state index contributed by atoms with van der Waals surface area (Å²) in [5.41, 5.74) is 0. The summed E-state index contributed by atoms with van der Waals surface area (Å²) < 4.78 is 0. The molecule has 0 aliphatic rings. The van der Waals surface area contributed by atoms with E-state index >= 15 is 0 Å². The molecule has 164 valence electrons. The average Bonchev–Trinajstić information content (AvgIpc) is 2.60. The first-order chi connectivity index (χ1) is 13.3. The number of aliphatic carboxylic acids is 1. The summed E-state index contributed by atoms with van der Waals surface area (Å²) >= 11 is 0. The topological polar surface area (TPSA) is 98.1 Å². The summed E-state index contributed by atoms with van der Waals surface area (Å²) in [5, 5.41) is 28.4. The minimum Gasteiger partial charge on any atom is -0.481 e. The largest absolute Gasteiger partial charge is 0.481 e. The standard InChI is InChI=1S/C22H41NO5/c1-4-5-6-7-8-9-10-11-12-13-14-20(22(27)28)15-21(26)23(16-18(2)24)17-19(3)25/h13-14,18-20,24-25H,4-12,15-17H2,1-3H3,(H,27,28). The number of carboxylic acids is 1. The third-order valence-electron chi connectivity index (χ3n) is 4.63. The number of carboxylic acid groups (broad SMARTS) is 1. The molecule has 3 N–H and O–H groups in total. The molecule has 0 aliphatic carbocycles. The molecule has 3 atom stereocenters. The highest BCUT2D eigenvalue weighted by atomic mass is 16.4. The Kier molecular flexibility index (Phi) is 15.7. The van der Waals surface area contributed by atoms with Gasteiger partial charge in [0.15, 0.2) is 0 Å². The predicted octanol–water partition coefficient (Wildman–Crippen LogP) is 3.75. The zero-order valence-electron chi connectivity index (χ0n) is 18.0. The number of carbonyl (C=O) groups is 2. The third kappa shape index (κ3) is 14.6. The molecule has 6 heteroatoms. The van der Waals surface area contributed by atoms with Crippen molar-refractivity contribution in [2.45, 2.75) is 97.2 Å². The lowest BCUT2D eigenvalue weighted by atomic mass is 10.0. The monoisotopic (exact) mass is 399 g/mol. The highest BCUT2D eigenvalue weighted by Gasteiger charge is 2.24. The molecule has 0 spiro atoms. The fraction of sp³-hybridized carbons (Fsp3) is 0.818. The number of rotatable bonds is 17. The van der Waals surface area contributed by atoms with Crippen LogP contribution in [0.3, 0.4) is 0 Å². The Morgan fingerprint density at radius 2 is 1.39 bits per heavy atom. The number of aliphatic hydroxyl groups excluding tert-OH is 2. The Hall–Kier alpha value is -1.40. The van der Waals surface area contributed by atoms with Crippen LogP contribution in [0.15, 0.2) is 12.2 Å². The van der Waals surface area contributed by atoms with Crippen molar-refractivity contribution in [3.8, 4) is 0 Å². The van der Waals surface area contributed by atoms with Crippen molar-refractivity contribution in [3.63, 3.8) is 0 Å². The molecule has 0 aromatic heterocycles. The number of hydrogen-bond acceptors (Lipinski definition) is 4. The molecule has 6 nitrogen and oxygen atoms in total. The normalized spacial score (nSPS) is 14.8. The van der Waals surface area contributed by atoms with Gasteiger partial charge in [-0.3, -0.25) is 9.59 Å². The van der Waals surface area contributed by atoms with Gasteiger partial charge in [-0.25, -0.2) is 0 Å². The molecule has 0 aromatic carbocycles. The van der Waals surface area contributed by atoms with Gasteiger partial charge in [0.2, 0.25) is 5.91 Å². The van der Waals surface area contributed by atoms with Crippen molar-refractivity contribution < 1.29 is 24.9 Å². The molecule has 0 rings (SSSR count). The van der Waals surface area contributed by atoms with Crippen LogP contribution in [0.5, 0.6) is 0 Å². The summed E-state index contributed by atoms with van der Waals surface area (Å²) in [6, 6.07) is 0. The van der Waals surface area contributed by atoms with E-state index in [0.29, 0.717) is 0 Å². The number of hydrogen-bond donors (Lipinski definition) is 3. The van der Waals surface area contributed by atoms with E-state index in [0.717, 1.165) is 19.3 Å². The Morgan fingerprint density at radius 3 is 1.86 bits per heavy atom. The van der Waals surface area contributed by atoms with E-state index in [4.69, 9.17) is 0 Å². The summed E-state index contributed by atoms with van der Waals surface area (Å²) in [5.74, 6) is -2.28. The molecule has 1 amide bonds. The molecule has 0 radical (unpaired) electrons. The first-order valence-corrected chi connectivity index (χ1v) is 10.8. The number of amides is 1. The first-order valence-electron chi connectivity index (χ1n) is 10.8. The lowest BCUT2D eigenvalue weighted by Crippen LogP contribution is -2.41. The second-order valence-electron chi connectivity index (χ2n) is 7.84. The molecule has 0 saturated carbocycles. The van der Waals surface area contributed by atoms with Crippen LogP contribution < -0.4 is 0 Å². The van der Waals surface area contributed by atoms with Gasteiger partial charge in [-0.15, -0.1) is 0 Å². The highest BCUT2D eigenvalue weighted by molar-refractivity contribution is 5.83. The maximum absolute atomic E-state index is 12.4. The molecule has 0 bridgehead atoms. The Labute approximate surface area is 170 Å². The van der Waals surface area contributed by atoms with Crippen LogP contribution in [0.2, 0.25) is 0 Å². The molecule has 0 saturated heterocycles. The van der Waals surface area contributed by atoms with E-state index < -0.39 is 24.1 Å². The molecule has 0 aliphatic heterocycles. The van der Waals surface area contributed by atoms with Gasteiger partial charge in [0.05, 0.1) is 18.1 Å². The number of unbranched alkanes of at least 4 members (excludes halogenated alkanes) is 8. The Morgan fingerprint density at radius 1 is 0.893 bits per heavy atom. The SMILES string of the molecule is CCCCCCCCCCC=CC(CC(=O)N(CC(C)O)CC(C)O)C(=O)O. The maximum atomic E-state index is 12.4. The van der Waals surface area contributed by atoms with Gasteiger partial charge in [0, 0.05) is 19.5 Å². The minimum atomic E-state index is -1.03. The quantitative estimate of drug-likeness (QED) is 0.256. The van der Waals surface area contributed by atoms with Gasteiger partial charge in [-0.2, -0.15) is 0 Å². The van der Waals surface area contributed by atoms with Gasteiger partial charge in [-0.05, 0) is 26.7 Å². The van der Waals surface area contributed by atoms with E-state index in [9.17, 15) is 24.9 Å². The Bertz CT molecular complexity index is 438. The second kappa shape index (κ2) is 16.5. The van der Waals surface area contributed by atoms with E-state index in [1.165, 1.54) is 43.4 Å². The first kappa shape index (κ1) is 26.6. The lowest BCUT2D eigenvalue weighted by Gasteiger charge is -2.26. The molecular formula is C22H41NO5. The van der Waals surface area contributed by atoms with Gasteiger partial charge in [0.25, 0.3) is 0 Å². The third-order valence-corrected chi connectivity index (χ3v) is 4.63. The van der Waals surface area contributed by atoms with E-state index in [2.05, 4.69) is 6.92 Å². The molecule has 0 heterocycles. The van der Waals surface area contributed by atoms with Crippen LogP contribution in [0.1, 0.15) is 85.0 Å². The zero-order valence-corrected chi connectivity index (χ0v) is 18.0. The Balaban J connectivity index is 4.33. The van der Waals surface area contributed by atoms with E-state index in [-0.39, 0.29) is 25.4 Å². The zero-order chi connectivity index (χ0) is 21.4. The summed E-state index contributed by atoms with van der Waals surface area (Å²) in [7, 11) is 0. The van der Waals surface area contributed by atoms with Crippen LogP contribution in [0.25, 0.3) is 0 Å². The van der Waals surface area contributed by atoms with Crippen molar-refractivity contribution >= 4 is 11.9 Å². The number of nitrogens with zero attached hydrogens (tertiary/aromatic N) is 1. The number of aliphatic hydroxyl groups is 2. The van der Waals surface area contributed by atoms with E-state index in [1.54, 1.807) is 19.9 Å². The van der Waals surface area contributed by atoms with Gasteiger partial charge >= 0.3 is 5.97 Å². The summed E-state index contributed by atoms with van der Waals surface area (Å²) in [4.78, 5) is 25.2. The molecule has 28 heavy (non-hydrogen) atoms. The predicted molar refractivity (Wildman–Crippen MR) is 112 cm³/mol. The molecule has 0 fully saturated rings. The van der Waals surface area contributed by atoms with Gasteiger partial charge < -0.3 is 20.2 Å². The van der Waals surface area contributed by atoms with Gasteiger partial charge in [0.1, 0.15) is 0 Å². The van der Waals surface area contributed by atoms with Crippen LogP contribution in [0.4, 0.5) is 0 Å². The van der Waals surface area contributed by atoms with Crippen molar-refractivity contribution in [1.82, 2.24) is 4.90 Å². The number of carbonyl (C=O) groups excluding carboxylic acids is 1. The molecule has 0 aromatic rings. The average molecular weight is 400 g/mol. The summed E-state index contributed by atoms with van der Waals surface area (Å²) in [6.45, 7) is 5.49. The van der Waals surface area contributed by atoms with Crippen molar-refractivity contribution in [2.75, 3.05) is 13.1 Å². The van der Waals surface area contributed by atoms with Gasteiger partial charge in [-0.1, -0.05) is 64.0 Å². The van der Waals surface area contributed by atoms with Crippen molar-refractivity contribution in [2.24, 2.45) is 5.92 Å². The fourth-order valence-electron chi connectivity index (χ4n) is 3.13. The van der Waals surface area contributed by atoms with Crippen LogP contribution >= 0.6 is 0 Å². The molecular weight excluding hydrogens is 358 g/mol. The fourth-order valence-corrected chi connectivity index (χ4v) is 3.13. The van der Waals surface area contributed by atoms with Crippen molar-refractivity contribution in [1.29, 1.82) is 0 Å². The van der Waals surface area contributed by atoms with Crippen LogP contribution in [-0.4, -0.2) is 57.4 Å². The maximum Gasteiger partial charge on any atom is 0.310 e. The van der Waals surface area contributed by atoms with E-state index in [1.807, 2.05) is 6.08 Å². The smallest absolute Gasteiger partial charge is 0.310 e. The number of allylic oxidation sites excluding steroid dienone is 1. The van der Waals surface area contributed by atoms with Crippen LogP contribution in [0, 0.1) is 5.92 Å². The van der Waals surface area contributed by atoms with Crippen LogP contribution in [-0.2, 0) is 9.59 Å². The lowest BCUT2D eigenvalue weighted by molar-refractivity contribution is -0.144. The molecule has 3 unspecified atom stereocenters. The van der Waals surface area contributed by atoms with Crippen molar-refractivity contribution in [3.05, 3.63) is 12.2 Å². The summed E-state index contributed by atoms with van der Waals surface area (Å²) in [6.07, 6.45) is 12.5. The highest BCUT2D eigenvalue weighted by Crippen LogP contribution is 2.13. The minimum absolute atomic E-state index is 0.0814. The second-order valence-corrected chi connectivity index (χ2v) is 7.84.